The molecule has 2 N–H and O–H groups in total. The first-order valence-corrected chi connectivity index (χ1v) is 7.33. The molecule has 0 saturated heterocycles. The minimum Gasteiger partial charge on any atom is -0.391 e. The Hall–Kier alpha value is -2.25. The lowest BCUT2D eigenvalue weighted by Gasteiger charge is -2.10. The van der Waals surface area contributed by atoms with E-state index in [1.54, 1.807) is 6.07 Å². The van der Waals surface area contributed by atoms with E-state index in [0.717, 1.165) is 5.56 Å². The second-order valence-corrected chi connectivity index (χ2v) is 5.50. The molecule has 3 rings (SSSR count). The highest BCUT2D eigenvalue weighted by Gasteiger charge is 2.11. The van der Waals surface area contributed by atoms with E-state index in [4.69, 9.17) is 4.52 Å². The number of rotatable bonds is 6. The monoisotopic (exact) mass is 302 g/mol. The third kappa shape index (κ3) is 3.65. The van der Waals surface area contributed by atoms with Gasteiger partial charge >= 0.3 is 0 Å². The van der Waals surface area contributed by atoms with Crippen LogP contribution in [0.4, 0.5) is 5.13 Å². The number of hydrogen-bond donors (Lipinski definition) is 2. The van der Waals surface area contributed by atoms with E-state index in [2.05, 4.69) is 20.7 Å². The topological polar surface area (TPSA) is 84.1 Å². The van der Waals surface area contributed by atoms with Crippen molar-refractivity contribution in [3.8, 4) is 10.7 Å². The summed E-state index contributed by atoms with van der Waals surface area (Å²) >= 11 is 1.37. The van der Waals surface area contributed by atoms with Gasteiger partial charge in [0.05, 0.1) is 6.10 Å². The van der Waals surface area contributed by atoms with Crippen LogP contribution < -0.4 is 5.32 Å². The summed E-state index contributed by atoms with van der Waals surface area (Å²) < 4.78 is 4.77. The van der Waals surface area contributed by atoms with Crippen LogP contribution in [0.5, 0.6) is 0 Å². The molecule has 0 aliphatic heterocycles. The minimum absolute atomic E-state index is 0.419. The number of aliphatic hydroxyl groups is 1. The van der Waals surface area contributed by atoms with Gasteiger partial charge in [0.1, 0.15) is 12.0 Å². The number of benzene rings is 1. The van der Waals surface area contributed by atoms with Gasteiger partial charge in [0, 0.05) is 19.0 Å². The van der Waals surface area contributed by atoms with Crippen molar-refractivity contribution in [2.75, 3.05) is 11.9 Å². The van der Waals surface area contributed by atoms with E-state index in [9.17, 15) is 5.11 Å². The maximum atomic E-state index is 10.0. The van der Waals surface area contributed by atoms with Gasteiger partial charge < -0.3 is 14.9 Å². The van der Waals surface area contributed by atoms with Crippen LogP contribution in [0.25, 0.3) is 10.7 Å². The first kappa shape index (κ1) is 13.7. The Morgan fingerprint density at radius 1 is 1.19 bits per heavy atom. The molecule has 0 fully saturated rings. The summed E-state index contributed by atoms with van der Waals surface area (Å²) in [6, 6.07) is 11.6. The van der Waals surface area contributed by atoms with Gasteiger partial charge in [0.15, 0.2) is 5.01 Å². The molecule has 0 saturated carbocycles. The zero-order valence-corrected chi connectivity index (χ0v) is 12.0. The maximum absolute atomic E-state index is 10.0. The summed E-state index contributed by atoms with van der Waals surface area (Å²) in [4.78, 5) is 0. The van der Waals surface area contributed by atoms with Gasteiger partial charge in [-0.3, -0.25) is 0 Å². The fourth-order valence-electron chi connectivity index (χ4n) is 1.88. The fraction of sp³-hybridized carbons (Fsp3) is 0.214. The van der Waals surface area contributed by atoms with E-state index in [0.29, 0.717) is 28.8 Å². The third-order valence-electron chi connectivity index (χ3n) is 2.89. The lowest BCUT2D eigenvalue weighted by Crippen LogP contribution is -2.21. The molecule has 2 aromatic heterocycles. The van der Waals surface area contributed by atoms with Crippen LogP contribution in [0.3, 0.4) is 0 Å². The smallest absolute Gasteiger partial charge is 0.206 e. The van der Waals surface area contributed by atoms with Crippen LogP contribution in [0, 0.1) is 0 Å². The largest absolute Gasteiger partial charge is 0.391 e. The normalized spacial score (nSPS) is 12.2. The van der Waals surface area contributed by atoms with Gasteiger partial charge in [-0.05, 0) is 5.56 Å². The van der Waals surface area contributed by atoms with Gasteiger partial charge in [0.25, 0.3) is 0 Å². The molecule has 1 atom stereocenters. The minimum atomic E-state index is -0.480. The zero-order chi connectivity index (χ0) is 14.5. The molecule has 2 heterocycles. The van der Waals surface area contributed by atoms with Crippen molar-refractivity contribution in [2.24, 2.45) is 0 Å². The molecule has 0 aliphatic carbocycles. The molecular weight excluding hydrogens is 288 g/mol. The zero-order valence-electron chi connectivity index (χ0n) is 11.1. The Kier molecular flexibility index (Phi) is 4.23. The quantitative estimate of drug-likeness (QED) is 0.726. The summed E-state index contributed by atoms with van der Waals surface area (Å²) in [5.41, 5.74) is 1.76. The molecule has 6 nitrogen and oxygen atoms in total. The van der Waals surface area contributed by atoms with Gasteiger partial charge in [-0.25, -0.2) is 0 Å². The second-order valence-electron chi connectivity index (χ2n) is 4.52. The van der Waals surface area contributed by atoms with E-state index in [1.165, 1.54) is 17.6 Å². The Morgan fingerprint density at radius 2 is 2.05 bits per heavy atom. The average molecular weight is 302 g/mol. The molecule has 7 heteroatoms. The maximum Gasteiger partial charge on any atom is 0.206 e. The molecule has 0 aliphatic rings. The van der Waals surface area contributed by atoms with Crippen molar-refractivity contribution >= 4 is 16.5 Å². The highest BCUT2D eigenvalue weighted by atomic mass is 32.1. The number of hydrogen-bond acceptors (Lipinski definition) is 7. The van der Waals surface area contributed by atoms with Gasteiger partial charge in [-0.1, -0.05) is 46.8 Å². The molecular formula is C14H14N4O2S. The van der Waals surface area contributed by atoms with Gasteiger partial charge in [0.2, 0.25) is 5.13 Å². The number of anilines is 1. The van der Waals surface area contributed by atoms with Crippen LogP contribution in [0.15, 0.2) is 47.2 Å². The van der Waals surface area contributed by atoms with E-state index < -0.39 is 6.10 Å². The second kappa shape index (κ2) is 6.47. The average Bonchev–Trinajstić information content (AvgIpc) is 3.17. The third-order valence-corrected chi connectivity index (χ3v) is 3.79. The van der Waals surface area contributed by atoms with Gasteiger partial charge in [-0.15, -0.1) is 10.2 Å². The lowest BCUT2D eigenvalue weighted by molar-refractivity contribution is 0.188. The van der Waals surface area contributed by atoms with Crippen molar-refractivity contribution in [1.29, 1.82) is 0 Å². The molecule has 0 radical (unpaired) electrons. The predicted molar refractivity (Wildman–Crippen MR) is 80.0 cm³/mol. The number of nitrogens with one attached hydrogen (secondary N) is 1. The molecule has 108 valence electrons. The summed E-state index contributed by atoms with van der Waals surface area (Å²) in [5.74, 6) is 0. The SMILES string of the molecule is O[C@H](CNc1nnc(-c2ccon2)s1)Cc1ccccc1. The van der Waals surface area contributed by atoms with Crippen LogP contribution in [-0.4, -0.2) is 33.1 Å². The highest BCUT2D eigenvalue weighted by Crippen LogP contribution is 2.24. The van der Waals surface area contributed by atoms with Crippen LogP contribution in [-0.2, 0) is 6.42 Å². The highest BCUT2D eigenvalue weighted by molar-refractivity contribution is 7.18. The summed E-state index contributed by atoms with van der Waals surface area (Å²) in [6.07, 6.45) is 1.61. The number of aromatic nitrogens is 3. The standard InChI is InChI=1S/C14H14N4O2S/c19-11(8-10-4-2-1-3-5-10)9-15-14-17-16-13(21-14)12-6-7-20-18-12/h1-7,11,19H,8-9H2,(H,15,17)/t11-/m0/s1. The Balaban J connectivity index is 1.53. The van der Waals surface area contributed by atoms with E-state index >= 15 is 0 Å². The Bertz CT molecular complexity index is 669. The van der Waals surface area contributed by atoms with Crippen molar-refractivity contribution in [3.05, 3.63) is 48.2 Å². The van der Waals surface area contributed by atoms with Crippen LogP contribution in [0.2, 0.25) is 0 Å². The number of aliphatic hydroxyl groups excluding tert-OH is 1. The van der Waals surface area contributed by atoms with Crippen molar-refractivity contribution < 1.29 is 9.63 Å². The number of nitrogens with zero attached hydrogens (tertiary/aromatic N) is 3. The molecule has 0 unspecified atom stereocenters. The molecule has 0 amide bonds. The fourth-order valence-corrected chi connectivity index (χ4v) is 2.60. The van der Waals surface area contributed by atoms with E-state index in [-0.39, 0.29) is 0 Å². The van der Waals surface area contributed by atoms with Crippen molar-refractivity contribution in [1.82, 2.24) is 15.4 Å². The molecule has 0 spiro atoms. The van der Waals surface area contributed by atoms with E-state index in [1.807, 2.05) is 30.3 Å². The molecule has 1 aromatic carbocycles. The van der Waals surface area contributed by atoms with Crippen LogP contribution >= 0.6 is 11.3 Å². The van der Waals surface area contributed by atoms with Crippen molar-refractivity contribution in [2.45, 2.75) is 12.5 Å². The summed E-state index contributed by atoms with van der Waals surface area (Å²) in [5, 5.41) is 26.3. The van der Waals surface area contributed by atoms with Gasteiger partial charge in [-0.2, -0.15) is 0 Å². The molecule has 3 aromatic rings. The predicted octanol–water partition coefficient (Wildman–Crippen LogP) is 2.21. The summed E-state index contributed by atoms with van der Waals surface area (Å²) in [6.45, 7) is 0.419. The lowest BCUT2D eigenvalue weighted by atomic mass is 10.1. The summed E-state index contributed by atoms with van der Waals surface area (Å²) in [7, 11) is 0. The van der Waals surface area contributed by atoms with Crippen molar-refractivity contribution in [3.63, 3.8) is 0 Å². The Labute approximate surface area is 125 Å². The molecule has 0 bridgehead atoms. The van der Waals surface area contributed by atoms with Crippen LogP contribution in [0.1, 0.15) is 5.56 Å². The Morgan fingerprint density at radius 3 is 2.81 bits per heavy atom. The molecule has 21 heavy (non-hydrogen) atoms. The first-order chi connectivity index (χ1) is 10.3. The first-order valence-electron chi connectivity index (χ1n) is 6.51.